The van der Waals surface area contributed by atoms with E-state index in [0.29, 0.717) is 5.69 Å². The third kappa shape index (κ3) is 4.48. The fourth-order valence-electron chi connectivity index (χ4n) is 3.28. The Morgan fingerprint density at radius 1 is 1.08 bits per heavy atom. The maximum atomic E-state index is 12.6. The van der Waals surface area contributed by atoms with Gasteiger partial charge in [-0.25, -0.2) is 0 Å². The molecule has 2 aliphatic rings. The molecule has 0 aromatic heterocycles. The van der Waals surface area contributed by atoms with Gasteiger partial charge >= 0.3 is 0 Å². The number of rotatable bonds is 4. The Morgan fingerprint density at radius 2 is 1.71 bits per heavy atom. The summed E-state index contributed by atoms with van der Waals surface area (Å²) in [4.78, 5) is 24.4. The van der Waals surface area contributed by atoms with E-state index in [1.807, 2.05) is 25.1 Å². The lowest BCUT2D eigenvalue weighted by Gasteiger charge is -2.37. The summed E-state index contributed by atoms with van der Waals surface area (Å²) in [6.07, 6.45) is 5.78. The second-order valence-corrected chi connectivity index (χ2v) is 7.14. The normalized spacial score (nSPS) is 26.2. The summed E-state index contributed by atoms with van der Waals surface area (Å²) in [5.74, 6) is 0.0325. The number of carbonyl (C=O) groups is 2. The van der Waals surface area contributed by atoms with Crippen LogP contribution in [0.5, 0.6) is 0 Å². The zero-order valence-corrected chi connectivity index (χ0v) is 14.8. The molecular weight excluding hydrogens is 326 g/mol. The second kappa shape index (κ2) is 7.53. The number of carbonyl (C=O) groups excluding carboxylic acids is 2. The Labute approximate surface area is 149 Å². The molecule has 2 fully saturated rings. The van der Waals surface area contributed by atoms with E-state index in [0.717, 1.165) is 44.2 Å². The molecule has 0 bridgehead atoms. The molecule has 24 heavy (non-hydrogen) atoms. The van der Waals surface area contributed by atoms with E-state index in [2.05, 4.69) is 10.6 Å². The molecule has 0 saturated heterocycles. The first-order valence-corrected chi connectivity index (χ1v) is 8.46. The van der Waals surface area contributed by atoms with Crippen molar-refractivity contribution < 1.29 is 9.59 Å². The van der Waals surface area contributed by atoms with Crippen LogP contribution in [0.1, 0.15) is 45.4 Å². The minimum absolute atomic E-state index is 0. The molecule has 0 spiro atoms. The molecule has 2 aliphatic carbocycles. The van der Waals surface area contributed by atoms with Crippen LogP contribution in [0.3, 0.4) is 0 Å². The lowest BCUT2D eigenvalue weighted by molar-refractivity contribution is -0.122. The van der Waals surface area contributed by atoms with E-state index in [4.69, 9.17) is 5.73 Å². The average molecular weight is 352 g/mol. The van der Waals surface area contributed by atoms with Gasteiger partial charge in [0.15, 0.2) is 0 Å². The largest absolute Gasteiger partial charge is 0.326 e. The first-order chi connectivity index (χ1) is 11.0. The molecule has 1 aromatic rings. The number of amides is 2. The van der Waals surface area contributed by atoms with Gasteiger partial charge in [0.1, 0.15) is 0 Å². The van der Waals surface area contributed by atoms with Gasteiger partial charge in [-0.3, -0.25) is 9.59 Å². The Kier molecular flexibility index (Phi) is 5.88. The quantitative estimate of drug-likeness (QED) is 0.778. The molecule has 0 aliphatic heterocycles. The van der Waals surface area contributed by atoms with E-state index in [1.165, 1.54) is 0 Å². The number of hydrogen-bond donors (Lipinski definition) is 3. The number of anilines is 2. The van der Waals surface area contributed by atoms with E-state index in [9.17, 15) is 9.59 Å². The molecular formula is C18H26ClN3O2. The molecule has 4 N–H and O–H groups in total. The standard InChI is InChI=1S/C18H25N3O2.ClH/c1-18(19)10-3-2-7-15(18)17(23)21-14-6-4-5-13(11-14)20-16(22)12-8-9-12;/h4-6,11-12,15H,2-3,7-10,19H2,1H3,(H,20,22)(H,21,23);1H. The van der Waals surface area contributed by atoms with Crippen molar-refractivity contribution in [2.45, 2.75) is 51.0 Å². The van der Waals surface area contributed by atoms with Crippen LogP contribution >= 0.6 is 12.4 Å². The Bertz CT molecular complexity index is 614. The SMILES string of the molecule is CC1(N)CCCCC1C(=O)Nc1cccc(NC(=O)C2CC2)c1.Cl. The molecule has 0 heterocycles. The van der Waals surface area contributed by atoms with Gasteiger partial charge < -0.3 is 16.4 Å². The second-order valence-electron chi connectivity index (χ2n) is 7.14. The van der Waals surface area contributed by atoms with Gasteiger partial charge in [0, 0.05) is 22.8 Å². The zero-order chi connectivity index (χ0) is 16.4. The Balaban J connectivity index is 0.00000208. The minimum atomic E-state index is -0.444. The van der Waals surface area contributed by atoms with E-state index >= 15 is 0 Å². The molecule has 5 nitrogen and oxygen atoms in total. The predicted molar refractivity (Wildman–Crippen MR) is 98.2 cm³/mol. The van der Waals surface area contributed by atoms with Crippen LogP contribution in [0.25, 0.3) is 0 Å². The van der Waals surface area contributed by atoms with Gasteiger partial charge in [-0.1, -0.05) is 18.9 Å². The summed E-state index contributed by atoms with van der Waals surface area (Å²) in [5.41, 5.74) is 7.27. The van der Waals surface area contributed by atoms with Crippen molar-refractivity contribution in [1.29, 1.82) is 0 Å². The summed E-state index contributed by atoms with van der Waals surface area (Å²) in [7, 11) is 0. The van der Waals surface area contributed by atoms with Crippen LogP contribution in [0, 0.1) is 11.8 Å². The smallest absolute Gasteiger partial charge is 0.229 e. The maximum absolute atomic E-state index is 12.6. The van der Waals surface area contributed by atoms with Crippen molar-refractivity contribution in [2.24, 2.45) is 17.6 Å². The van der Waals surface area contributed by atoms with Gasteiger partial charge in [0.25, 0.3) is 0 Å². The van der Waals surface area contributed by atoms with Gasteiger partial charge in [-0.2, -0.15) is 0 Å². The lowest BCUT2D eigenvalue weighted by atomic mass is 9.74. The summed E-state index contributed by atoms with van der Waals surface area (Å²) in [5, 5.41) is 5.85. The average Bonchev–Trinajstić information content (AvgIpc) is 3.31. The van der Waals surface area contributed by atoms with Crippen molar-refractivity contribution in [3.05, 3.63) is 24.3 Å². The molecule has 2 unspecified atom stereocenters. The van der Waals surface area contributed by atoms with E-state index < -0.39 is 5.54 Å². The molecule has 2 amide bonds. The molecule has 6 heteroatoms. The fraction of sp³-hybridized carbons (Fsp3) is 0.556. The summed E-state index contributed by atoms with van der Waals surface area (Å²) >= 11 is 0. The highest BCUT2D eigenvalue weighted by Gasteiger charge is 2.37. The Morgan fingerprint density at radius 3 is 2.29 bits per heavy atom. The van der Waals surface area contributed by atoms with Crippen LogP contribution in [-0.2, 0) is 9.59 Å². The maximum Gasteiger partial charge on any atom is 0.229 e. The zero-order valence-electron chi connectivity index (χ0n) is 14.0. The van der Waals surface area contributed by atoms with Gasteiger partial charge in [-0.15, -0.1) is 12.4 Å². The van der Waals surface area contributed by atoms with Gasteiger partial charge in [-0.05, 0) is 50.8 Å². The van der Waals surface area contributed by atoms with Crippen molar-refractivity contribution in [2.75, 3.05) is 10.6 Å². The van der Waals surface area contributed by atoms with Crippen LogP contribution < -0.4 is 16.4 Å². The third-order valence-electron chi connectivity index (χ3n) is 4.92. The van der Waals surface area contributed by atoms with Crippen molar-refractivity contribution in [3.8, 4) is 0 Å². The number of benzene rings is 1. The molecule has 2 saturated carbocycles. The summed E-state index contributed by atoms with van der Waals surface area (Å²) in [6.45, 7) is 1.96. The highest BCUT2D eigenvalue weighted by Crippen LogP contribution is 2.33. The van der Waals surface area contributed by atoms with Crippen LogP contribution in [-0.4, -0.2) is 17.4 Å². The van der Waals surface area contributed by atoms with Crippen LogP contribution in [0.15, 0.2) is 24.3 Å². The lowest BCUT2D eigenvalue weighted by Crippen LogP contribution is -2.51. The number of halogens is 1. The van der Waals surface area contributed by atoms with Crippen molar-refractivity contribution >= 4 is 35.6 Å². The molecule has 1 aromatic carbocycles. The topological polar surface area (TPSA) is 84.2 Å². The predicted octanol–water partition coefficient (Wildman–Crippen LogP) is 3.30. The summed E-state index contributed by atoms with van der Waals surface area (Å²) in [6, 6.07) is 7.31. The first-order valence-electron chi connectivity index (χ1n) is 8.46. The van der Waals surface area contributed by atoms with E-state index in [1.54, 1.807) is 6.07 Å². The summed E-state index contributed by atoms with van der Waals surface area (Å²) < 4.78 is 0. The first kappa shape index (κ1) is 18.7. The molecule has 132 valence electrons. The number of nitrogens with one attached hydrogen (secondary N) is 2. The van der Waals surface area contributed by atoms with Gasteiger partial charge in [0.2, 0.25) is 11.8 Å². The van der Waals surface area contributed by atoms with Crippen molar-refractivity contribution in [3.63, 3.8) is 0 Å². The van der Waals surface area contributed by atoms with Crippen LogP contribution in [0.4, 0.5) is 11.4 Å². The Hall–Kier alpha value is -1.59. The monoisotopic (exact) mass is 351 g/mol. The number of hydrogen-bond acceptors (Lipinski definition) is 3. The van der Waals surface area contributed by atoms with Crippen LogP contribution in [0.2, 0.25) is 0 Å². The molecule has 3 rings (SSSR count). The number of nitrogens with two attached hydrogens (primary N) is 1. The highest BCUT2D eigenvalue weighted by molar-refractivity contribution is 5.96. The third-order valence-corrected chi connectivity index (χ3v) is 4.92. The molecule has 2 atom stereocenters. The van der Waals surface area contributed by atoms with Gasteiger partial charge in [0.05, 0.1) is 5.92 Å². The minimum Gasteiger partial charge on any atom is -0.326 e. The van der Waals surface area contributed by atoms with E-state index in [-0.39, 0.29) is 36.1 Å². The fourth-order valence-corrected chi connectivity index (χ4v) is 3.28. The highest BCUT2D eigenvalue weighted by atomic mass is 35.5. The van der Waals surface area contributed by atoms with Crippen molar-refractivity contribution in [1.82, 2.24) is 0 Å². The molecule has 0 radical (unpaired) electrons.